The van der Waals surface area contributed by atoms with E-state index in [-0.39, 0.29) is 5.91 Å². The molecule has 0 aliphatic carbocycles. The van der Waals surface area contributed by atoms with E-state index in [9.17, 15) is 4.79 Å². The third-order valence-electron chi connectivity index (χ3n) is 2.73. The van der Waals surface area contributed by atoms with Crippen LogP contribution in [-0.4, -0.2) is 22.6 Å². The molecular weight excluding hydrogens is 264 g/mol. The molecule has 0 atom stereocenters. The SMILES string of the molecule is Cc1noc(C)c1C(=O)NCCCc1csc(N)n1. The molecule has 0 aliphatic heterocycles. The fourth-order valence-electron chi connectivity index (χ4n) is 1.80. The van der Waals surface area contributed by atoms with Crippen molar-refractivity contribution in [2.45, 2.75) is 26.7 Å². The average molecular weight is 280 g/mol. The zero-order valence-corrected chi connectivity index (χ0v) is 11.7. The number of amides is 1. The highest BCUT2D eigenvalue weighted by molar-refractivity contribution is 7.13. The summed E-state index contributed by atoms with van der Waals surface area (Å²) in [6, 6.07) is 0. The molecule has 0 fully saturated rings. The second-order valence-corrected chi connectivity index (χ2v) is 5.13. The van der Waals surface area contributed by atoms with Gasteiger partial charge in [-0.25, -0.2) is 4.98 Å². The Morgan fingerprint density at radius 1 is 1.53 bits per heavy atom. The maximum atomic E-state index is 11.9. The molecule has 102 valence electrons. The van der Waals surface area contributed by atoms with Gasteiger partial charge in [0.15, 0.2) is 5.13 Å². The summed E-state index contributed by atoms with van der Waals surface area (Å²) in [6.45, 7) is 4.07. The van der Waals surface area contributed by atoms with Crippen molar-refractivity contribution in [3.63, 3.8) is 0 Å². The van der Waals surface area contributed by atoms with Gasteiger partial charge in [-0.1, -0.05) is 5.16 Å². The van der Waals surface area contributed by atoms with Gasteiger partial charge in [-0.05, 0) is 26.7 Å². The highest BCUT2D eigenvalue weighted by Gasteiger charge is 2.16. The maximum Gasteiger partial charge on any atom is 0.256 e. The highest BCUT2D eigenvalue weighted by atomic mass is 32.1. The number of hydrogen-bond donors (Lipinski definition) is 2. The molecule has 0 unspecified atom stereocenters. The Hall–Kier alpha value is -1.89. The van der Waals surface area contributed by atoms with Gasteiger partial charge in [0.2, 0.25) is 0 Å². The number of carbonyl (C=O) groups is 1. The van der Waals surface area contributed by atoms with E-state index in [4.69, 9.17) is 10.3 Å². The van der Waals surface area contributed by atoms with Crippen molar-refractivity contribution in [1.29, 1.82) is 0 Å². The Balaban J connectivity index is 1.78. The zero-order valence-electron chi connectivity index (χ0n) is 10.9. The monoisotopic (exact) mass is 280 g/mol. The van der Waals surface area contributed by atoms with Crippen LogP contribution >= 0.6 is 11.3 Å². The number of thiazole rings is 1. The molecule has 0 aromatic carbocycles. The first kappa shape index (κ1) is 13.5. The number of anilines is 1. The summed E-state index contributed by atoms with van der Waals surface area (Å²) in [5, 5.41) is 9.12. The van der Waals surface area contributed by atoms with E-state index in [2.05, 4.69) is 15.5 Å². The van der Waals surface area contributed by atoms with Crippen molar-refractivity contribution >= 4 is 22.4 Å². The number of carbonyl (C=O) groups excluding carboxylic acids is 1. The molecule has 0 saturated heterocycles. The Kier molecular flexibility index (Phi) is 4.16. The molecule has 0 spiro atoms. The fourth-order valence-corrected chi connectivity index (χ4v) is 2.40. The minimum Gasteiger partial charge on any atom is -0.375 e. The number of aryl methyl sites for hydroxylation is 3. The van der Waals surface area contributed by atoms with E-state index >= 15 is 0 Å². The van der Waals surface area contributed by atoms with Gasteiger partial charge >= 0.3 is 0 Å². The second-order valence-electron chi connectivity index (χ2n) is 4.24. The molecule has 3 N–H and O–H groups in total. The van der Waals surface area contributed by atoms with Crippen LogP contribution in [0.15, 0.2) is 9.90 Å². The van der Waals surface area contributed by atoms with Crippen LogP contribution in [0.1, 0.15) is 33.9 Å². The Morgan fingerprint density at radius 2 is 2.32 bits per heavy atom. The van der Waals surface area contributed by atoms with Crippen molar-refractivity contribution in [3.8, 4) is 0 Å². The van der Waals surface area contributed by atoms with E-state index in [1.54, 1.807) is 13.8 Å². The van der Waals surface area contributed by atoms with Gasteiger partial charge in [0.25, 0.3) is 5.91 Å². The van der Waals surface area contributed by atoms with E-state index in [1.807, 2.05) is 5.38 Å². The predicted octanol–water partition coefficient (Wildman–Crippen LogP) is 1.69. The summed E-state index contributed by atoms with van der Waals surface area (Å²) in [7, 11) is 0. The number of nitrogens with zero attached hydrogens (tertiary/aromatic N) is 2. The van der Waals surface area contributed by atoms with Gasteiger partial charge < -0.3 is 15.6 Å². The summed E-state index contributed by atoms with van der Waals surface area (Å²) in [6.07, 6.45) is 1.62. The number of hydrogen-bond acceptors (Lipinski definition) is 6. The zero-order chi connectivity index (χ0) is 13.8. The fraction of sp³-hybridized carbons (Fsp3) is 0.417. The van der Waals surface area contributed by atoms with Crippen LogP contribution in [0, 0.1) is 13.8 Å². The minimum atomic E-state index is -0.144. The van der Waals surface area contributed by atoms with Gasteiger partial charge in [-0.3, -0.25) is 4.79 Å². The lowest BCUT2D eigenvalue weighted by atomic mass is 10.2. The van der Waals surface area contributed by atoms with Gasteiger partial charge in [-0.15, -0.1) is 11.3 Å². The van der Waals surface area contributed by atoms with Crippen LogP contribution in [0.5, 0.6) is 0 Å². The van der Waals surface area contributed by atoms with Crippen molar-refractivity contribution in [1.82, 2.24) is 15.5 Å². The number of nitrogens with two attached hydrogens (primary N) is 1. The molecule has 2 aromatic rings. The van der Waals surface area contributed by atoms with Crippen molar-refractivity contribution in [2.24, 2.45) is 0 Å². The molecule has 2 aromatic heterocycles. The molecule has 0 aliphatic rings. The number of nitrogen functional groups attached to an aromatic ring is 1. The second kappa shape index (κ2) is 5.83. The highest BCUT2D eigenvalue weighted by Crippen LogP contribution is 2.13. The first-order chi connectivity index (χ1) is 9.08. The minimum absolute atomic E-state index is 0.144. The lowest BCUT2D eigenvalue weighted by Crippen LogP contribution is -2.25. The van der Waals surface area contributed by atoms with Crippen LogP contribution in [0.4, 0.5) is 5.13 Å². The van der Waals surface area contributed by atoms with Crippen LogP contribution in [0.2, 0.25) is 0 Å². The summed E-state index contributed by atoms with van der Waals surface area (Å²) in [5.74, 6) is 0.399. The van der Waals surface area contributed by atoms with E-state index in [0.717, 1.165) is 18.5 Å². The summed E-state index contributed by atoms with van der Waals surface area (Å²) >= 11 is 1.43. The third kappa shape index (κ3) is 3.31. The molecule has 1 amide bonds. The number of rotatable bonds is 5. The first-order valence-electron chi connectivity index (χ1n) is 5.99. The van der Waals surface area contributed by atoms with Crippen molar-refractivity contribution < 1.29 is 9.32 Å². The molecule has 6 nitrogen and oxygen atoms in total. The van der Waals surface area contributed by atoms with Gasteiger partial charge in [0, 0.05) is 11.9 Å². The summed E-state index contributed by atoms with van der Waals surface area (Å²) < 4.78 is 4.96. The van der Waals surface area contributed by atoms with Crippen LogP contribution in [0.25, 0.3) is 0 Å². The van der Waals surface area contributed by atoms with Gasteiger partial charge in [0.1, 0.15) is 11.3 Å². The molecule has 0 radical (unpaired) electrons. The average Bonchev–Trinajstić information content (AvgIpc) is 2.91. The molecule has 19 heavy (non-hydrogen) atoms. The third-order valence-corrected chi connectivity index (χ3v) is 3.45. The van der Waals surface area contributed by atoms with Crippen LogP contribution < -0.4 is 11.1 Å². The Bertz CT molecular complexity index is 557. The number of nitrogens with one attached hydrogen (secondary N) is 1. The van der Waals surface area contributed by atoms with Gasteiger partial charge in [-0.2, -0.15) is 0 Å². The number of aromatic nitrogens is 2. The van der Waals surface area contributed by atoms with Crippen LogP contribution in [-0.2, 0) is 6.42 Å². The lowest BCUT2D eigenvalue weighted by molar-refractivity contribution is 0.0951. The Labute approximate surface area is 115 Å². The molecule has 0 saturated carbocycles. The normalized spacial score (nSPS) is 10.6. The lowest BCUT2D eigenvalue weighted by Gasteiger charge is -2.03. The van der Waals surface area contributed by atoms with E-state index < -0.39 is 0 Å². The largest absolute Gasteiger partial charge is 0.375 e. The standard InChI is InChI=1S/C12H16N4O2S/c1-7-10(8(2)18-16-7)11(17)14-5-3-4-9-6-19-12(13)15-9/h6H,3-5H2,1-2H3,(H2,13,15)(H,14,17). The smallest absolute Gasteiger partial charge is 0.256 e. The molecule has 2 rings (SSSR count). The maximum absolute atomic E-state index is 11.9. The van der Waals surface area contributed by atoms with E-state index in [1.165, 1.54) is 11.3 Å². The summed E-state index contributed by atoms with van der Waals surface area (Å²) in [4.78, 5) is 16.1. The molecule has 7 heteroatoms. The summed E-state index contributed by atoms with van der Waals surface area (Å²) in [5.41, 5.74) is 7.65. The van der Waals surface area contributed by atoms with Crippen molar-refractivity contribution in [3.05, 3.63) is 28.1 Å². The predicted molar refractivity (Wildman–Crippen MR) is 73.2 cm³/mol. The molecule has 2 heterocycles. The first-order valence-corrected chi connectivity index (χ1v) is 6.87. The topological polar surface area (TPSA) is 94.0 Å². The van der Waals surface area contributed by atoms with Crippen molar-refractivity contribution in [2.75, 3.05) is 12.3 Å². The molecule has 0 bridgehead atoms. The van der Waals surface area contributed by atoms with E-state index in [0.29, 0.717) is 28.7 Å². The van der Waals surface area contributed by atoms with Crippen LogP contribution in [0.3, 0.4) is 0 Å². The Morgan fingerprint density at radius 3 is 2.89 bits per heavy atom. The van der Waals surface area contributed by atoms with Gasteiger partial charge in [0.05, 0.1) is 11.4 Å². The molecular formula is C12H16N4O2S. The quantitative estimate of drug-likeness (QED) is 0.813.